The Morgan fingerprint density at radius 1 is 1.09 bits per heavy atom. The maximum Gasteiger partial charge on any atom is 0.125 e. The van der Waals surface area contributed by atoms with E-state index in [9.17, 15) is 0 Å². The standard InChI is InChI=1S/C17H23Br2ClO2/c1-3-13-11-15(21-10-7-16(18)19)12-14(4-2)17(13)22-9-6-5-8-20/h7,11-12H,3-6,8-10H2,1-2H3. The molecule has 22 heavy (non-hydrogen) atoms. The summed E-state index contributed by atoms with van der Waals surface area (Å²) in [6.07, 6.45) is 5.74. The van der Waals surface area contributed by atoms with Crippen LogP contribution in [0.15, 0.2) is 21.6 Å². The van der Waals surface area contributed by atoms with Crippen molar-refractivity contribution < 1.29 is 9.47 Å². The van der Waals surface area contributed by atoms with E-state index in [0.29, 0.717) is 19.1 Å². The van der Waals surface area contributed by atoms with E-state index >= 15 is 0 Å². The molecule has 5 heteroatoms. The molecule has 0 unspecified atom stereocenters. The van der Waals surface area contributed by atoms with Crippen LogP contribution in [0.25, 0.3) is 0 Å². The first-order valence-electron chi connectivity index (χ1n) is 7.60. The molecule has 0 saturated carbocycles. The summed E-state index contributed by atoms with van der Waals surface area (Å²) in [5.41, 5.74) is 2.39. The van der Waals surface area contributed by atoms with E-state index in [1.54, 1.807) is 0 Å². The Hall–Kier alpha value is -0.190. The first kappa shape index (κ1) is 19.9. The van der Waals surface area contributed by atoms with Crippen LogP contribution in [-0.4, -0.2) is 19.1 Å². The van der Waals surface area contributed by atoms with Gasteiger partial charge in [0.05, 0.1) is 10.00 Å². The average Bonchev–Trinajstić information content (AvgIpc) is 2.51. The molecule has 0 aliphatic heterocycles. The largest absolute Gasteiger partial charge is 0.493 e. The van der Waals surface area contributed by atoms with E-state index in [-0.39, 0.29) is 0 Å². The molecule has 0 saturated heterocycles. The topological polar surface area (TPSA) is 18.5 Å². The molecule has 1 aromatic rings. The van der Waals surface area contributed by atoms with Gasteiger partial charge in [-0.2, -0.15) is 0 Å². The second kappa shape index (κ2) is 11.4. The number of aryl methyl sites for hydroxylation is 2. The highest BCUT2D eigenvalue weighted by Gasteiger charge is 2.11. The molecule has 2 nitrogen and oxygen atoms in total. The monoisotopic (exact) mass is 452 g/mol. The van der Waals surface area contributed by atoms with Crippen LogP contribution in [-0.2, 0) is 12.8 Å². The minimum atomic E-state index is 0.522. The Labute approximate surface area is 155 Å². The second-order valence-corrected chi connectivity index (χ2v) is 7.98. The van der Waals surface area contributed by atoms with Crippen molar-refractivity contribution >= 4 is 43.5 Å². The third-order valence-electron chi connectivity index (χ3n) is 3.24. The van der Waals surface area contributed by atoms with Gasteiger partial charge < -0.3 is 9.47 Å². The number of rotatable bonds is 10. The third kappa shape index (κ3) is 6.93. The zero-order chi connectivity index (χ0) is 16.4. The Balaban J connectivity index is 2.85. The van der Waals surface area contributed by atoms with E-state index in [4.69, 9.17) is 21.1 Å². The molecular weight excluding hydrogens is 431 g/mol. The van der Waals surface area contributed by atoms with Crippen molar-refractivity contribution in [1.82, 2.24) is 0 Å². The lowest BCUT2D eigenvalue weighted by atomic mass is 10.0. The lowest BCUT2D eigenvalue weighted by molar-refractivity contribution is 0.302. The van der Waals surface area contributed by atoms with Gasteiger partial charge in [-0.1, -0.05) is 13.8 Å². The lowest BCUT2D eigenvalue weighted by Crippen LogP contribution is -2.05. The molecule has 0 bridgehead atoms. The highest BCUT2D eigenvalue weighted by Crippen LogP contribution is 2.31. The molecule has 0 heterocycles. The third-order valence-corrected chi connectivity index (χ3v) is 4.15. The van der Waals surface area contributed by atoms with E-state index in [2.05, 4.69) is 57.8 Å². The summed E-state index contributed by atoms with van der Waals surface area (Å²) < 4.78 is 12.7. The summed E-state index contributed by atoms with van der Waals surface area (Å²) >= 11 is 12.4. The Morgan fingerprint density at radius 3 is 2.23 bits per heavy atom. The maximum atomic E-state index is 6.01. The summed E-state index contributed by atoms with van der Waals surface area (Å²) in [6, 6.07) is 4.15. The number of hydrogen-bond acceptors (Lipinski definition) is 2. The molecule has 0 fully saturated rings. The van der Waals surface area contributed by atoms with Crippen LogP contribution in [0.2, 0.25) is 0 Å². The van der Waals surface area contributed by atoms with Gasteiger partial charge in [-0.05, 0) is 86.9 Å². The number of benzene rings is 1. The molecule has 0 aliphatic rings. The Bertz CT molecular complexity index is 461. The molecule has 0 amide bonds. The predicted molar refractivity (Wildman–Crippen MR) is 102 cm³/mol. The minimum Gasteiger partial charge on any atom is -0.493 e. The number of unbranched alkanes of at least 4 members (excludes halogenated alkanes) is 1. The van der Waals surface area contributed by atoms with Crippen molar-refractivity contribution in [2.24, 2.45) is 0 Å². The van der Waals surface area contributed by atoms with Gasteiger partial charge in [0.25, 0.3) is 0 Å². The summed E-state index contributed by atoms with van der Waals surface area (Å²) in [5, 5.41) is 0. The fraction of sp³-hybridized carbons (Fsp3) is 0.529. The Kier molecular flexibility index (Phi) is 10.3. The fourth-order valence-electron chi connectivity index (χ4n) is 2.09. The van der Waals surface area contributed by atoms with Gasteiger partial charge in [-0.25, -0.2) is 0 Å². The molecule has 1 aromatic carbocycles. The summed E-state index contributed by atoms with van der Waals surface area (Å²) in [6.45, 7) is 5.51. The van der Waals surface area contributed by atoms with Crippen LogP contribution in [0.3, 0.4) is 0 Å². The van der Waals surface area contributed by atoms with Crippen molar-refractivity contribution in [3.05, 3.63) is 32.7 Å². The van der Waals surface area contributed by atoms with Gasteiger partial charge in [0.15, 0.2) is 0 Å². The fourth-order valence-corrected chi connectivity index (χ4v) is 2.54. The van der Waals surface area contributed by atoms with Crippen molar-refractivity contribution in [3.8, 4) is 11.5 Å². The van der Waals surface area contributed by atoms with Crippen molar-refractivity contribution in [1.29, 1.82) is 0 Å². The van der Waals surface area contributed by atoms with Gasteiger partial charge in [0.2, 0.25) is 0 Å². The Morgan fingerprint density at radius 2 is 1.73 bits per heavy atom. The molecule has 0 spiro atoms. The number of ether oxygens (including phenoxy) is 2. The van der Waals surface area contributed by atoms with Gasteiger partial charge in [-0.3, -0.25) is 0 Å². The summed E-state index contributed by atoms with van der Waals surface area (Å²) in [7, 11) is 0. The van der Waals surface area contributed by atoms with Crippen molar-refractivity contribution in [2.45, 2.75) is 39.5 Å². The number of alkyl halides is 1. The molecule has 0 aromatic heterocycles. The summed E-state index contributed by atoms with van der Waals surface area (Å²) in [4.78, 5) is 0. The van der Waals surface area contributed by atoms with Gasteiger partial charge in [0.1, 0.15) is 18.1 Å². The molecule has 0 radical (unpaired) electrons. The van der Waals surface area contributed by atoms with E-state index in [0.717, 1.165) is 40.6 Å². The quantitative estimate of drug-likeness (QED) is 0.309. The average molecular weight is 455 g/mol. The van der Waals surface area contributed by atoms with Crippen LogP contribution >= 0.6 is 43.5 Å². The van der Waals surface area contributed by atoms with E-state index < -0.39 is 0 Å². The van der Waals surface area contributed by atoms with E-state index in [1.165, 1.54) is 11.1 Å². The zero-order valence-corrected chi connectivity index (χ0v) is 17.1. The van der Waals surface area contributed by atoms with Crippen LogP contribution in [0, 0.1) is 0 Å². The highest BCUT2D eigenvalue weighted by atomic mass is 79.9. The van der Waals surface area contributed by atoms with Gasteiger partial charge in [-0.15, -0.1) is 11.6 Å². The van der Waals surface area contributed by atoms with E-state index in [1.807, 2.05) is 6.08 Å². The van der Waals surface area contributed by atoms with Crippen LogP contribution < -0.4 is 9.47 Å². The highest BCUT2D eigenvalue weighted by molar-refractivity contribution is 9.28. The molecular formula is C17H23Br2ClO2. The smallest absolute Gasteiger partial charge is 0.125 e. The molecule has 124 valence electrons. The van der Waals surface area contributed by atoms with Crippen LogP contribution in [0.5, 0.6) is 11.5 Å². The minimum absolute atomic E-state index is 0.522. The van der Waals surface area contributed by atoms with Crippen molar-refractivity contribution in [2.75, 3.05) is 19.1 Å². The molecule has 0 aliphatic carbocycles. The predicted octanol–water partition coefficient (Wildman–Crippen LogP) is 6.22. The van der Waals surface area contributed by atoms with Gasteiger partial charge in [0, 0.05) is 5.88 Å². The zero-order valence-electron chi connectivity index (χ0n) is 13.1. The molecule has 1 rings (SSSR count). The number of hydrogen-bond donors (Lipinski definition) is 0. The van der Waals surface area contributed by atoms with Crippen LogP contribution in [0.4, 0.5) is 0 Å². The van der Waals surface area contributed by atoms with Crippen molar-refractivity contribution in [3.63, 3.8) is 0 Å². The molecule has 0 atom stereocenters. The van der Waals surface area contributed by atoms with Gasteiger partial charge >= 0.3 is 0 Å². The maximum absolute atomic E-state index is 6.01. The molecule has 0 N–H and O–H groups in total. The summed E-state index contributed by atoms with van der Waals surface area (Å²) in [5.74, 6) is 2.59. The number of halogens is 3. The van der Waals surface area contributed by atoms with Crippen LogP contribution in [0.1, 0.15) is 37.8 Å². The SMILES string of the molecule is CCc1cc(OCC=C(Br)Br)cc(CC)c1OCCCCCl. The second-order valence-electron chi connectivity index (χ2n) is 4.83. The first-order valence-corrected chi connectivity index (χ1v) is 9.72. The lowest BCUT2D eigenvalue weighted by Gasteiger charge is -2.17. The normalized spacial score (nSPS) is 10.4. The first-order chi connectivity index (χ1) is 10.6.